The summed E-state index contributed by atoms with van der Waals surface area (Å²) in [7, 11) is -3.42. The number of aryl methyl sites for hydroxylation is 1. The zero-order valence-electron chi connectivity index (χ0n) is 9.95. The Bertz CT molecular complexity index is 425. The predicted molar refractivity (Wildman–Crippen MR) is 62.6 cm³/mol. The maximum absolute atomic E-state index is 12.0. The van der Waals surface area contributed by atoms with Crippen LogP contribution in [-0.4, -0.2) is 24.7 Å². The highest BCUT2D eigenvalue weighted by Crippen LogP contribution is 2.13. The quantitative estimate of drug-likeness (QED) is 0.799. The molecule has 0 amide bonds. The van der Waals surface area contributed by atoms with Gasteiger partial charge in [0.1, 0.15) is 4.90 Å². The van der Waals surface area contributed by atoms with Gasteiger partial charge in [-0.2, -0.15) is 5.10 Å². The van der Waals surface area contributed by atoms with Gasteiger partial charge in [0.05, 0.1) is 11.9 Å². The fraction of sp³-hybridized carbons (Fsp3) is 0.700. The van der Waals surface area contributed by atoms with Gasteiger partial charge >= 0.3 is 0 Å². The van der Waals surface area contributed by atoms with Crippen LogP contribution in [0.15, 0.2) is 11.1 Å². The number of hydrogen-bond acceptors (Lipinski definition) is 3. The molecule has 1 heterocycles. The Morgan fingerprint density at radius 1 is 1.50 bits per heavy atom. The van der Waals surface area contributed by atoms with Crippen LogP contribution in [0.1, 0.15) is 38.8 Å². The van der Waals surface area contributed by atoms with Gasteiger partial charge in [-0.1, -0.05) is 20.3 Å². The summed E-state index contributed by atoms with van der Waals surface area (Å²) in [6.45, 7) is 5.72. The highest BCUT2D eigenvalue weighted by atomic mass is 32.2. The van der Waals surface area contributed by atoms with E-state index in [1.807, 2.05) is 13.8 Å². The van der Waals surface area contributed by atoms with E-state index < -0.39 is 10.0 Å². The summed E-state index contributed by atoms with van der Waals surface area (Å²) < 4.78 is 26.7. The Morgan fingerprint density at radius 3 is 2.62 bits per heavy atom. The van der Waals surface area contributed by atoms with Gasteiger partial charge in [0.2, 0.25) is 10.0 Å². The topological polar surface area (TPSA) is 74.8 Å². The third-order valence-electron chi connectivity index (χ3n) is 2.52. The lowest BCUT2D eigenvalue weighted by Crippen LogP contribution is -2.34. The zero-order chi connectivity index (χ0) is 12.2. The van der Waals surface area contributed by atoms with Crippen molar-refractivity contribution < 1.29 is 8.42 Å². The highest BCUT2D eigenvalue weighted by molar-refractivity contribution is 7.89. The summed E-state index contributed by atoms with van der Waals surface area (Å²) in [6.07, 6.45) is 3.96. The van der Waals surface area contributed by atoms with Crippen LogP contribution in [0.4, 0.5) is 0 Å². The standard InChI is InChI=1S/C10H19N3O2S/c1-4-6-9(5-2)13-16(14,15)10-7-11-12-8(10)3/h7,9,13H,4-6H2,1-3H3,(H,11,12). The van der Waals surface area contributed by atoms with Gasteiger partial charge in [-0.05, 0) is 19.8 Å². The van der Waals surface area contributed by atoms with Crippen molar-refractivity contribution in [3.8, 4) is 0 Å². The molecule has 0 aliphatic carbocycles. The average molecular weight is 245 g/mol. The smallest absolute Gasteiger partial charge is 0.244 e. The maximum atomic E-state index is 12.0. The van der Waals surface area contributed by atoms with E-state index in [0.717, 1.165) is 19.3 Å². The largest absolute Gasteiger partial charge is 0.281 e. The Labute approximate surface area is 96.7 Å². The molecule has 0 saturated heterocycles. The summed E-state index contributed by atoms with van der Waals surface area (Å²) in [6, 6.07) is 0.00398. The van der Waals surface area contributed by atoms with Crippen molar-refractivity contribution in [2.24, 2.45) is 0 Å². The molecule has 0 bridgehead atoms. The molecule has 1 unspecified atom stereocenters. The van der Waals surface area contributed by atoms with E-state index in [9.17, 15) is 8.42 Å². The van der Waals surface area contributed by atoms with Crippen LogP contribution in [0, 0.1) is 6.92 Å². The highest BCUT2D eigenvalue weighted by Gasteiger charge is 2.21. The number of nitrogens with zero attached hydrogens (tertiary/aromatic N) is 1. The number of aromatic nitrogens is 2. The van der Waals surface area contributed by atoms with Crippen molar-refractivity contribution in [2.75, 3.05) is 0 Å². The van der Waals surface area contributed by atoms with E-state index >= 15 is 0 Å². The summed E-state index contributed by atoms with van der Waals surface area (Å²) >= 11 is 0. The Morgan fingerprint density at radius 2 is 2.19 bits per heavy atom. The fourth-order valence-electron chi connectivity index (χ4n) is 1.59. The molecule has 0 saturated carbocycles. The van der Waals surface area contributed by atoms with E-state index in [1.165, 1.54) is 6.20 Å². The van der Waals surface area contributed by atoms with Gasteiger partial charge in [-0.25, -0.2) is 13.1 Å². The Hall–Kier alpha value is -0.880. The Balaban J connectivity index is 2.83. The molecule has 0 aliphatic rings. The van der Waals surface area contributed by atoms with Crippen molar-refractivity contribution in [3.63, 3.8) is 0 Å². The molecule has 1 aromatic rings. The summed E-state index contributed by atoms with van der Waals surface area (Å²) in [5.41, 5.74) is 0.568. The first kappa shape index (κ1) is 13.2. The van der Waals surface area contributed by atoms with Crippen molar-refractivity contribution in [1.82, 2.24) is 14.9 Å². The molecule has 0 aromatic carbocycles. The second-order valence-corrected chi connectivity index (χ2v) is 5.56. The van der Waals surface area contributed by atoms with E-state index in [4.69, 9.17) is 0 Å². The van der Waals surface area contributed by atoms with Crippen molar-refractivity contribution in [3.05, 3.63) is 11.9 Å². The maximum Gasteiger partial charge on any atom is 0.244 e. The molecule has 6 heteroatoms. The van der Waals surface area contributed by atoms with Crippen molar-refractivity contribution >= 4 is 10.0 Å². The number of hydrogen-bond donors (Lipinski definition) is 2. The molecular formula is C10H19N3O2S. The number of H-pyrrole nitrogens is 1. The first-order valence-corrected chi connectivity index (χ1v) is 7.01. The lowest BCUT2D eigenvalue weighted by Gasteiger charge is -2.15. The van der Waals surface area contributed by atoms with Gasteiger partial charge in [0.25, 0.3) is 0 Å². The first-order chi connectivity index (χ1) is 7.51. The lowest BCUT2D eigenvalue weighted by molar-refractivity contribution is 0.512. The normalized spacial score (nSPS) is 13.9. The van der Waals surface area contributed by atoms with E-state index in [-0.39, 0.29) is 10.9 Å². The molecule has 1 atom stereocenters. The zero-order valence-corrected chi connectivity index (χ0v) is 10.8. The molecule has 5 nitrogen and oxygen atoms in total. The minimum atomic E-state index is -3.42. The summed E-state index contributed by atoms with van der Waals surface area (Å²) in [4.78, 5) is 0.238. The SMILES string of the molecule is CCCC(CC)NS(=O)(=O)c1cn[nH]c1C. The minimum absolute atomic E-state index is 0.00398. The molecule has 1 aromatic heterocycles. The van der Waals surface area contributed by atoms with E-state index in [0.29, 0.717) is 5.69 Å². The van der Waals surface area contributed by atoms with Crippen LogP contribution in [0.5, 0.6) is 0 Å². The predicted octanol–water partition coefficient (Wildman–Crippen LogP) is 1.58. The molecule has 92 valence electrons. The van der Waals surface area contributed by atoms with E-state index in [2.05, 4.69) is 14.9 Å². The number of rotatable bonds is 6. The molecule has 0 fully saturated rings. The van der Waals surface area contributed by atoms with Gasteiger partial charge in [-0.15, -0.1) is 0 Å². The molecule has 1 rings (SSSR count). The third-order valence-corrected chi connectivity index (χ3v) is 4.16. The molecule has 0 aliphatic heterocycles. The van der Waals surface area contributed by atoms with Crippen LogP contribution in [-0.2, 0) is 10.0 Å². The van der Waals surface area contributed by atoms with Crippen molar-refractivity contribution in [1.29, 1.82) is 0 Å². The third kappa shape index (κ3) is 3.05. The van der Waals surface area contributed by atoms with Crippen LogP contribution < -0.4 is 4.72 Å². The number of aromatic amines is 1. The fourth-order valence-corrected chi connectivity index (χ4v) is 3.08. The van der Waals surface area contributed by atoms with Crippen LogP contribution in [0.25, 0.3) is 0 Å². The van der Waals surface area contributed by atoms with Gasteiger partial charge < -0.3 is 0 Å². The molecule has 0 radical (unpaired) electrons. The molecular weight excluding hydrogens is 226 g/mol. The van der Waals surface area contributed by atoms with Gasteiger partial charge in [-0.3, -0.25) is 5.10 Å². The van der Waals surface area contributed by atoms with E-state index in [1.54, 1.807) is 6.92 Å². The summed E-state index contributed by atoms with van der Waals surface area (Å²) in [5.74, 6) is 0. The summed E-state index contributed by atoms with van der Waals surface area (Å²) in [5, 5.41) is 6.35. The van der Waals surface area contributed by atoms with Crippen molar-refractivity contribution in [2.45, 2.75) is 51.0 Å². The monoisotopic (exact) mass is 245 g/mol. The minimum Gasteiger partial charge on any atom is -0.281 e. The number of sulfonamides is 1. The Kier molecular flexibility index (Phi) is 4.49. The number of nitrogens with one attached hydrogen (secondary N) is 2. The van der Waals surface area contributed by atoms with Crippen LogP contribution in [0.2, 0.25) is 0 Å². The molecule has 2 N–H and O–H groups in total. The second-order valence-electron chi connectivity index (χ2n) is 3.87. The molecule has 0 spiro atoms. The van der Waals surface area contributed by atoms with Gasteiger partial charge in [0, 0.05) is 6.04 Å². The van der Waals surface area contributed by atoms with Gasteiger partial charge in [0.15, 0.2) is 0 Å². The first-order valence-electron chi connectivity index (χ1n) is 5.53. The van der Waals surface area contributed by atoms with Crippen LogP contribution in [0.3, 0.4) is 0 Å². The lowest BCUT2D eigenvalue weighted by atomic mass is 10.1. The second kappa shape index (κ2) is 5.45. The molecule has 16 heavy (non-hydrogen) atoms. The average Bonchev–Trinajstić information content (AvgIpc) is 2.64. The van der Waals surface area contributed by atoms with Crippen LogP contribution >= 0.6 is 0 Å².